The molecule has 0 aliphatic rings. The molecule has 0 aliphatic heterocycles. The first kappa shape index (κ1) is 8.70. The lowest BCUT2D eigenvalue weighted by atomic mass is 10.0. The number of nitrogens with zero attached hydrogens (tertiary/aromatic N) is 1. The van der Waals surface area contributed by atoms with Gasteiger partial charge >= 0.3 is 0 Å². The average molecular weight is 128 g/mol. The Morgan fingerprint density at radius 3 is 1.56 bits per heavy atom. The van der Waals surface area contributed by atoms with E-state index in [9.17, 15) is 0 Å². The van der Waals surface area contributed by atoms with E-state index in [0.29, 0.717) is 0 Å². The van der Waals surface area contributed by atoms with Crippen LogP contribution < -0.4 is 0 Å². The number of likely N-dealkylation sites (N-methyl/N-ethyl adjacent to an activating group) is 1. The Kier molecular flexibility index (Phi) is 2.07. The zero-order chi connectivity index (χ0) is 7.71. The van der Waals surface area contributed by atoms with Crippen LogP contribution in [0.3, 0.4) is 0 Å². The van der Waals surface area contributed by atoms with Gasteiger partial charge in [0.05, 0.1) is 21.1 Å². The van der Waals surface area contributed by atoms with Crippen LogP contribution in [0, 0.1) is 0 Å². The van der Waals surface area contributed by atoms with Gasteiger partial charge in [0.25, 0.3) is 0 Å². The second kappa shape index (κ2) is 2.14. The number of rotatable bonds is 2. The van der Waals surface area contributed by atoms with Crippen molar-refractivity contribution in [3.05, 3.63) is 12.7 Å². The zero-order valence-corrected chi connectivity index (χ0v) is 7.23. The van der Waals surface area contributed by atoms with Gasteiger partial charge in [-0.1, -0.05) is 6.58 Å². The molecule has 0 bridgehead atoms. The van der Waals surface area contributed by atoms with Crippen LogP contribution in [0.1, 0.15) is 13.8 Å². The van der Waals surface area contributed by atoms with E-state index in [1.165, 1.54) is 0 Å². The molecule has 0 aromatic carbocycles. The SMILES string of the molecule is C=CC(C)(C)[N+](C)(C)C. The molecular formula is C8H18N+. The number of quaternary nitrogens is 1. The molecule has 0 amide bonds. The lowest BCUT2D eigenvalue weighted by Crippen LogP contribution is -2.51. The highest BCUT2D eigenvalue weighted by Crippen LogP contribution is 2.17. The van der Waals surface area contributed by atoms with Crippen molar-refractivity contribution in [3.8, 4) is 0 Å². The van der Waals surface area contributed by atoms with Gasteiger partial charge in [-0.3, -0.25) is 0 Å². The highest BCUT2D eigenvalue weighted by atomic mass is 15.3. The van der Waals surface area contributed by atoms with Gasteiger partial charge in [-0.05, 0) is 19.9 Å². The molecule has 0 saturated heterocycles. The van der Waals surface area contributed by atoms with Gasteiger partial charge in [-0.15, -0.1) is 0 Å². The molecule has 0 fully saturated rings. The molecule has 0 atom stereocenters. The van der Waals surface area contributed by atoms with Gasteiger partial charge < -0.3 is 4.48 Å². The molecule has 0 N–H and O–H groups in total. The van der Waals surface area contributed by atoms with E-state index in [1.54, 1.807) is 0 Å². The van der Waals surface area contributed by atoms with Crippen molar-refractivity contribution in [1.82, 2.24) is 0 Å². The Labute approximate surface area is 58.6 Å². The Hall–Kier alpha value is -0.300. The summed E-state index contributed by atoms with van der Waals surface area (Å²) in [4.78, 5) is 0. The first-order valence-electron chi connectivity index (χ1n) is 3.26. The monoisotopic (exact) mass is 128 g/mol. The van der Waals surface area contributed by atoms with Crippen LogP contribution in [0.25, 0.3) is 0 Å². The fourth-order valence-electron chi connectivity index (χ4n) is 0.274. The van der Waals surface area contributed by atoms with E-state index in [1.807, 2.05) is 6.08 Å². The smallest absolute Gasteiger partial charge is 0.111 e. The largest absolute Gasteiger partial charge is 0.323 e. The predicted molar refractivity (Wildman–Crippen MR) is 42.3 cm³/mol. The predicted octanol–water partition coefficient (Wildman–Crippen LogP) is 1.66. The third-order valence-electron chi connectivity index (χ3n) is 2.23. The average Bonchev–Trinajstić information content (AvgIpc) is 1.64. The summed E-state index contributed by atoms with van der Waals surface area (Å²) in [6, 6.07) is 0. The molecular weight excluding hydrogens is 110 g/mol. The summed E-state index contributed by atoms with van der Waals surface area (Å²) in [5, 5.41) is 0. The van der Waals surface area contributed by atoms with Crippen LogP contribution >= 0.6 is 0 Å². The summed E-state index contributed by atoms with van der Waals surface area (Å²) in [5.74, 6) is 0. The summed E-state index contributed by atoms with van der Waals surface area (Å²) in [6.07, 6.45) is 1.99. The van der Waals surface area contributed by atoms with Crippen LogP contribution in [-0.2, 0) is 0 Å². The first-order chi connectivity index (χ1) is 3.81. The molecule has 9 heavy (non-hydrogen) atoms. The molecule has 0 rings (SSSR count). The lowest BCUT2D eigenvalue weighted by Gasteiger charge is -2.39. The van der Waals surface area contributed by atoms with Crippen molar-refractivity contribution in [2.75, 3.05) is 21.1 Å². The maximum Gasteiger partial charge on any atom is 0.111 e. The standard InChI is InChI=1S/C8H18N/c1-7-8(2,3)9(4,5)6/h7H,1H2,2-6H3/q+1. The van der Waals surface area contributed by atoms with Crippen molar-refractivity contribution in [2.24, 2.45) is 0 Å². The van der Waals surface area contributed by atoms with Gasteiger partial charge in [-0.25, -0.2) is 0 Å². The fourth-order valence-corrected chi connectivity index (χ4v) is 0.274. The van der Waals surface area contributed by atoms with Gasteiger partial charge in [0.2, 0.25) is 0 Å². The van der Waals surface area contributed by atoms with Crippen molar-refractivity contribution in [2.45, 2.75) is 19.4 Å². The first-order valence-corrected chi connectivity index (χ1v) is 3.26. The van der Waals surface area contributed by atoms with Gasteiger partial charge in [-0.2, -0.15) is 0 Å². The zero-order valence-electron chi connectivity index (χ0n) is 7.23. The Bertz CT molecular complexity index is 106. The summed E-state index contributed by atoms with van der Waals surface area (Å²) in [7, 11) is 6.51. The van der Waals surface area contributed by atoms with Gasteiger partial charge in [0, 0.05) is 0 Å². The Morgan fingerprint density at radius 2 is 1.56 bits per heavy atom. The highest BCUT2D eigenvalue weighted by Gasteiger charge is 2.28. The molecule has 54 valence electrons. The molecule has 0 unspecified atom stereocenters. The van der Waals surface area contributed by atoms with Crippen LogP contribution in [0.2, 0.25) is 0 Å². The number of hydrogen-bond acceptors (Lipinski definition) is 0. The maximum atomic E-state index is 3.78. The molecule has 0 aliphatic carbocycles. The molecule has 1 heteroatoms. The highest BCUT2D eigenvalue weighted by molar-refractivity contribution is 4.88. The van der Waals surface area contributed by atoms with Gasteiger partial charge in [0.1, 0.15) is 5.54 Å². The molecule has 1 nitrogen and oxygen atoms in total. The van der Waals surface area contributed by atoms with Crippen molar-refractivity contribution < 1.29 is 4.48 Å². The summed E-state index contributed by atoms with van der Waals surface area (Å²) >= 11 is 0. The molecule has 0 aromatic heterocycles. The van der Waals surface area contributed by atoms with E-state index < -0.39 is 0 Å². The minimum Gasteiger partial charge on any atom is -0.323 e. The Balaban J connectivity index is 4.32. The van der Waals surface area contributed by atoms with Crippen LogP contribution in [-0.4, -0.2) is 31.2 Å². The minimum absolute atomic E-state index is 0.181. The molecule has 0 radical (unpaired) electrons. The van der Waals surface area contributed by atoms with Crippen molar-refractivity contribution in [3.63, 3.8) is 0 Å². The van der Waals surface area contributed by atoms with Crippen LogP contribution in [0.15, 0.2) is 12.7 Å². The van der Waals surface area contributed by atoms with Crippen molar-refractivity contribution in [1.29, 1.82) is 0 Å². The minimum atomic E-state index is 0.181. The Morgan fingerprint density at radius 1 is 1.22 bits per heavy atom. The molecule has 0 spiro atoms. The third kappa shape index (κ3) is 1.83. The van der Waals surface area contributed by atoms with Crippen LogP contribution in [0.4, 0.5) is 0 Å². The third-order valence-corrected chi connectivity index (χ3v) is 2.23. The van der Waals surface area contributed by atoms with E-state index in [0.717, 1.165) is 4.48 Å². The van der Waals surface area contributed by atoms with E-state index in [4.69, 9.17) is 0 Å². The molecule has 0 aromatic rings. The lowest BCUT2D eigenvalue weighted by molar-refractivity contribution is -0.911. The van der Waals surface area contributed by atoms with E-state index in [2.05, 4.69) is 41.6 Å². The van der Waals surface area contributed by atoms with E-state index in [-0.39, 0.29) is 5.54 Å². The van der Waals surface area contributed by atoms with Crippen molar-refractivity contribution >= 4 is 0 Å². The van der Waals surface area contributed by atoms with Crippen LogP contribution in [0.5, 0.6) is 0 Å². The van der Waals surface area contributed by atoms with E-state index >= 15 is 0 Å². The summed E-state index contributed by atoms with van der Waals surface area (Å²) in [5.41, 5.74) is 0.181. The normalized spacial score (nSPS) is 13.4. The number of hydrogen-bond donors (Lipinski definition) is 0. The second-order valence-corrected chi connectivity index (χ2v) is 3.87. The molecule has 0 heterocycles. The second-order valence-electron chi connectivity index (χ2n) is 3.87. The summed E-state index contributed by atoms with van der Waals surface area (Å²) in [6.45, 7) is 8.14. The summed E-state index contributed by atoms with van der Waals surface area (Å²) < 4.78 is 0.927. The topological polar surface area (TPSA) is 0 Å². The maximum absolute atomic E-state index is 3.78. The molecule has 0 saturated carbocycles. The van der Waals surface area contributed by atoms with Gasteiger partial charge in [0.15, 0.2) is 0 Å². The fraction of sp³-hybridized carbons (Fsp3) is 0.750. The quantitative estimate of drug-likeness (QED) is 0.392.